The van der Waals surface area contributed by atoms with Gasteiger partial charge in [0.1, 0.15) is 18.2 Å². The second-order valence-corrected chi connectivity index (χ2v) is 7.13. The Labute approximate surface area is 176 Å². The molecule has 0 amide bonds. The minimum Gasteiger partial charge on any atom is -0.504 e. The summed E-state index contributed by atoms with van der Waals surface area (Å²) in [4.78, 5) is 4.81. The van der Waals surface area contributed by atoms with Crippen molar-refractivity contribution in [3.05, 3.63) is 89.7 Å². The summed E-state index contributed by atoms with van der Waals surface area (Å²) in [5.41, 5.74) is 4.65. The summed E-state index contributed by atoms with van der Waals surface area (Å²) < 4.78 is 13.5. The van der Waals surface area contributed by atoms with Gasteiger partial charge in [-0.2, -0.15) is 0 Å². The smallest absolute Gasteiger partial charge is 0.165 e. The lowest BCUT2D eigenvalue weighted by Gasteiger charge is -2.15. The Kier molecular flexibility index (Phi) is 5.44. The van der Waals surface area contributed by atoms with Crippen LogP contribution in [-0.4, -0.2) is 21.8 Å². The topological polar surface area (TPSA) is 56.5 Å². The summed E-state index contributed by atoms with van der Waals surface area (Å²) in [6.07, 6.45) is 0. The molecule has 1 N–H and O–H groups in total. The molecule has 2 aromatic heterocycles. The van der Waals surface area contributed by atoms with Crippen LogP contribution in [0.3, 0.4) is 0 Å². The standard InChI is InChI=1S/C25H24N2O3/c1-17-12-13-18(2)27(17)25-11-7-10-21(26-25)20-14-22(28)24(15-23(20)29-3)30-16-19-8-5-4-6-9-19/h4-15,28H,16H2,1-3H3. The monoisotopic (exact) mass is 400 g/mol. The number of pyridine rings is 1. The first-order valence-electron chi connectivity index (χ1n) is 9.77. The van der Waals surface area contributed by atoms with Crippen LogP contribution in [0.15, 0.2) is 72.8 Å². The lowest BCUT2D eigenvalue weighted by atomic mass is 10.1. The van der Waals surface area contributed by atoms with Crippen LogP contribution in [-0.2, 0) is 6.61 Å². The molecule has 0 spiro atoms. The van der Waals surface area contributed by atoms with Gasteiger partial charge in [-0.05, 0) is 49.7 Å². The quantitative estimate of drug-likeness (QED) is 0.468. The van der Waals surface area contributed by atoms with Gasteiger partial charge in [0.05, 0.1) is 12.8 Å². The molecule has 0 aliphatic carbocycles. The molecular formula is C25H24N2O3. The van der Waals surface area contributed by atoms with Crippen molar-refractivity contribution in [1.29, 1.82) is 0 Å². The first-order valence-corrected chi connectivity index (χ1v) is 9.77. The van der Waals surface area contributed by atoms with Crippen molar-refractivity contribution >= 4 is 0 Å². The fraction of sp³-hybridized carbons (Fsp3) is 0.160. The SMILES string of the molecule is COc1cc(OCc2ccccc2)c(O)cc1-c1cccc(-n2c(C)ccc2C)n1. The number of benzene rings is 2. The number of rotatable bonds is 6. The van der Waals surface area contributed by atoms with Crippen molar-refractivity contribution in [3.63, 3.8) is 0 Å². The molecule has 0 saturated carbocycles. The highest BCUT2D eigenvalue weighted by molar-refractivity contribution is 5.72. The Bertz CT molecular complexity index is 1150. The molecule has 0 bridgehead atoms. The van der Waals surface area contributed by atoms with Gasteiger partial charge in [0, 0.05) is 23.0 Å². The van der Waals surface area contributed by atoms with Gasteiger partial charge in [-0.1, -0.05) is 36.4 Å². The molecule has 4 rings (SSSR count). The van der Waals surface area contributed by atoms with Crippen LogP contribution >= 0.6 is 0 Å². The molecule has 0 radical (unpaired) electrons. The molecule has 0 fully saturated rings. The first kappa shape index (κ1) is 19.6. The molecule has 2 aromatic carbocycles. The van der Waals surface area contributed by atoms with Crippen molar-refractivity contribution in [2.45, 2.75) is 20.5 Å². The van der Waals surface area contributed by atoms with E-state index in [1.165, 1.54) is 0 Å². The molecule has 0 saturated heterocycles. The maximum absolute atomic E-state index is 10.6. The van der Waals surface area contributed by atoms with Crippen LogP contribution in [0.25, 0.3) is 17.1 Å². The van der Waals surface area contributed by atoms with E-state index in [0.29, 0.717) is 29.4 Å². The van der Waals surface area contributed by atoms with Crippen LogP contribution in [0.4, 0.5) is 0 Å². The van der Waals surface area contributed by atoms with E-state index in [0.717, 1.165) is 22.8 Å². The number of methoxy groups -OCH3 is 1. The van der Waals surface area contributed by atoms with Crippen molar-refractivity contribution in [1.82, 2.24) is 9.55 Å². The molecular weight excluding hydrogens is 376 g/mol. The molecule has 0 atom stereocenters. The van der Waals surface area contributed by atoms with Crippen LogP contribution in [0, 0.1) is 13.8 Å². The average molecular weight is 400 g/mol. The Morgan fingerprint density at radius 1 is 0.867 bits per heavy atom. The van der Waals surface area contributed by atoms with E-state index in [9.17, 15) is 5.11 Å². The third kappa shape index (κ3) is 3.87. The van der Waals surface area contributed by atoms with E-state index in [2.05, 4.69) is 16.7 Å². The van der Waals surface area contributed by atoms with E-state index in [1.54, 1.807) is 19.2 Å². The molecule has 2 heterocycles. The van der Waals surface area contributed by atoms with Crippen molar-refractivity contribution in [2.24, 2.45) is 0 Å². The Balaban J connectivity index is 1.68. The number of aromatic nitrogens is 2. The summed E-state index contributed by atoms with van der Waals surface area (Å²) in [5.74, 6) is 1.81. The Morgan fingerprint density at radius 3 is 2.30 bits per heavy atom. The molecule has 4 aromatic rings. The fourth-order valence-electron chi connectivity index (χ4n) is 3.50. The second kappa shape index (κ2) is 8.33. The Morgan fingerprint density at radius 2 is 1.60 bits per heavy atom. The third-order valence-electron chi connectivity index (χ3n) is 5.03. The van der Waals surface area contributed by atoms with Gasteiger partial charge in [-0.3, -0.25) is 0 Å². The van der Waals surface area contributed by atoms with Crippen molar-refractivity contribution < 1.29 is 14.6 Å². The molecule has 0 aliphatic rings. The number of phenolic OH excluding ortho intramolecular Hbond substituents is 1. The van der Waals surface area contributed by atoms with Crippen molar-refractivity contribution in [3.8, 4) is 34.3 Å². The fourth-order valence-corrected chi connectivity index (χ4v) is 3.50. The van der Waals surface area contributed by atoms with Gasteiger partial charge in [0.25, 0.3) is 0 Å². The highest BCUT2D eigenvalue weighted by Crippen LogP contribution is 2.39. The number of hydrogen-bond acceptors (Lipinski definition) is 4. The summed E-state index contributed by atoms with van der Waals surface area (Å²) in [5, 5.41) is 10.6. The number of aromatic hydroxyl groups is 1. The van der Waals surface area contributed by atoms with E-state index in [-0.39, 0.29) is 5.75 Å². The summed E-state index contributed by atoms with van der Waals surface area (Å²) in [6.45, 7) is 4.45. The zero-order valence-electron chi connectivity index (χ0n) is 17.3. The van der Waals surface area contributed by atoms with Crippen LogP contribution in [0.5, 0.6) is 17.2 Å². The molecule has 5 nitrogen and oxygen atoms in total. The van der Waals surface area contributed by atoms with E-state index >= 15 is 0 Å². The van der Waals surface area contributed by atoms with Crippen molar-refractivity contribution in [2.75, 3.05) is 7.11 Å². The first-order chi connectivity index (χ1) is 14.6. The molecule has 30 heavy (non-hydrogen) atoms. The van der Waals surface area contributed by atoms with Crippen LogP contribution in [0.1, 0.15) is 17.0 Å². The predicted octanol–water partition coefficient (Wildman–Crippen LogP) is 5.45. The summed E-state index contributed by atoms with van der Waals surface area (Å²) in [7, 11) is 1.60. The molecule has 0 aliphatic heterocycles. The summed E-state index contributed by atoms with van der Waals surface area (Å²) in [6, 6.07) is 23.1. The highest BCUT2D eigenvalue weighted by atomic mass is 16.5. The number of hydrogen-bond donors (Lipinski definition) is 1. The minimum absolute atomic E-state index is 0.0438. The van der Waals surface area contributed by atoms with Gasteiger partial charge >= 0.3 is 0 Å². The lowest BCUT2D eigenvalue weighted by Crippen LogP contribution is -2.02. The van der Waals surface area contributed by atoms with Gasteiger partial charge in [-0.25, -0.2) is 4.98 Å². The molecule has 0 unspecified atom stereocenters. The number of ether oxygens (including phenoxy) is 2. The predicted molar refractivity (Wildman–Crippen MR) is 117 cm³/mol. The Hall–Kier alpha value is -3.73. The number of aryl methyl sites for hydroxylation is 2. The van der Waals surface area contributed by atoms with Gasteiger partial charge < -0.3 is 19.1 Å². The normalized spacial score (nSPS) is 10.8. The molecule has 5 heteroatoms. The second-order valence-electron chi connectivity index (χ2n) is 7.13. The number of phenols is 1. The zero-order valence-corrected chi connectivity index (χ0v) is 17.3. The van der Waals surface area contributed by atoms with E-state index < -0.39 is 0 Å². The minimum atomic E-state index is 0.0438. The third-order valence-corrected chi connectivity index (χ3v) is 5.03. The largest absolute Gasteiger partial charge is 0.504 e. The summed E-state index contributed by atoms with van der Waals surface area (Å²) >= 11 is 0. The number of nitrogens with zero attached hydrogens (tertiary/aromatic N) is 2. The van der Waals surface area contributed by atoms with Gasteiger partial charge in [0.15, 0.2) is 11.5 Å². The van der Waals surface area contributed by atoms with Gasteiger partial charge in [-0.15, -0.1) is 0 Å². The average Bonchev–Trinajstić information content (AvgIpc) is 3.11. The van der Waals surface area contributed by atoms with E-state index in [4.69, 9.17) is 14.5 Å². The van der Waals surface area contributed by atoms with Gasteiger partial charge in [0.2, 0.25) is 0 Å². The molecule has 152 valence electrons. The maximum atomic E-state index is 10.6. The maximum Gasteiger partial charge on any atom is 0.165 e. The lowest BCUT2D eigenvalue weighted by molar-refractivity contribution is 0.286. The zero-order chi connectivity index (χ0) is 21.1. The highest BCUT2D eigenvalue weighted by Gasteiger charge is 2.15. The van der Waals surface area contributed by atoms with E-state index in [1.807, 2.05) is 62.4 Å². The van der Waals surface area contributed by atoms with Crippen LogP contribution < -0.4 is 9.47 Å². The van der Waals surface area contributed by atoms with Crippen LogP contribution in [0.2, 0.25) is 0 Å².